The van der Waals surface area contributed by atoms with Crippen LogP contribution >= 0.6 is 11.3 Å². The average molecular weight is 458 g/mol. The second-order valence-corrected chi connectivity index (χ2v) is 9.58. The third-order valence-corrected chi connectivity index (χ3v) is 7.96. The number of hydrogen-bond acceptors (Lipinski definition) is 4. The molecule has 0 amide bonds. The summed E-state index contributed by atoms with van der Waals surface area (Å²) in [7, 11) is 0. The molecular formula is C19H10N2O2STe. The Hall–Kier alpha value is -2.26. The number of hydrogen-bond donors (Lipinski definition) is 0. The Morgan fingerprint density at radius 2 is 1.84 bits per heavy atom. The first-order valence-electron chi connectivity index (χ1n) is 7.61. The van der Waals surface area contributed by atoms with Gasteiger partial charge in [0, 0.05) is 0 Å². The molecule has 6 heteroatoms. The van der Waals surface area contributed by atoms with Crippen LogP contribution in [0.5, 0.6) is 0 Å². The third-order valence-electron chi connectivity index (χ3n) is 4.27. The first-order chi connectivity index (χ1) is 12.2. The number of thiophene rings is 1. The number of carbonyl (C=O) groups is 2. The van der Waals surface area contributed by atoms with Crippen molar-refractivity contribution in [3.8, 4) is 3.70 Å². The Kier molecular flexibility index (Phi) is 3.39. The van der Waals surface area contributed by atoms with E-state index in [1.54, 1.807) is 23.0 Å². The molecule has 0 aliphatic heterocycles. The number of nitrogens with zero attached hydrogens (tertiary/aromatic N) is 2. The van der Waals surface area contributed by atoms with Gasteiger partial charge in [0.05, 0.1) is 0 Å². The molecule has 0 fully saturated rings. The van der Waals surface area contributed by atoms with Gasteiger partial charge in [0.15, 0.2) is 0 Å². The molecule has 120 valence electrons. The van der Waals surface area contributed by atoms with Gasteiger partial charge in [-0.3, -0.25) is 0 Å². The molecule has 4 aromatic heterocycles. The summed E-state index contributed by atoms with van der Waals surface area (Å²) < 4.78 is 4.48. The molecule has 5 rings (SSSR count). The standard InChI is InChI=1S/C19H10N2O2STe/c22-18-13(19(23)15-10-24-9-14(15)18)7-12-1-2-17(25-12)21-6-4-11-3-5-20-8-16(11)21/h1-10H. The van der Waals surface area contributed by atoms with Gasteiger partial charge >= 0.3 is 157 Å². The SMILES string of the molecule is O=C1C(=Cc2ccc(-n3ccc4ccncc43)[te]2)C(=O)c2cscc21. The van der Waals surface area contributed by atoms with Crippen molar-refractivity contribution < 1.29 is 9.59 Å². The first-order valence-corrected chi connectivity index (χ1v) is 10.9. The van der Waals surface area contributed by atoms with Crippen molar-refractivity contribution in [3.05, 3.63) is 73.9 Å². The van der Waals surface area contributed by atoms with Crippen LogP contribution in [0.15, 0.2) is 59.2 Å². The van der Waals surface area contributed by atoms with Crippen LogP contribution in [0.2, 0.25) is 0 Å². The molecule has 1 aliphatic carbocycles. The molecule has 0 spiro atoms. The maximum absolute atomic E-state index is 12.4. The molecule has 4 heterocycles. The van der Waals surface area contributed by atoms with Gasteiger partial charge in [-0.25, -0.2) is 0 Å². The molecule has 0 saturated heterocycles. The number of aromatic nitrogens is 2. The summed E-state index contributed by atoms with van der Waals surface area (Å²) in [4.78, 5) is 29.0. The van der Waals surface area contributed by atoms with E-state index in [4.69, 9.17) is 0 Å². The molecule has 1 aliphatic rings. The minimum absolute atomic E-state index is 0.140. The number of allylic oxidation sites excluding steroid dienone is 1. The van der Waals surface area contributed by atoms with E-state index < -0.39 is 20.4 Å². The predicted octanol–water partition coefficient (Wildman–Crippen LogP) is 3.61. The summed E-state index contributed by atoms with van der Waals surface area (Å²) in [6, 6.07) is 8.18. The summed E-state index contributed by atoms with van der Waals surface area (Å²) in [5, 5.41) is 4.68. The van der Waals surface area contributed by atoms with Gasteiger partial charge in [0.1, 0.15) is 0 Å². The first kappa shape index (κ1) is 15.0. The number of pyridine rings is 1. The van der Waals surface area contributed by atoms with Crippen molar-refractivity contribution in [1.29, 1.82) is 0 Å². The van der Waals surface area contributed by atoms with Crippen LogP contribution in [0.3, 0.4) is 0 Å². The Balaban J connectivity index is 1.55. The zero-order valence-electron chi connectivity index (χ0n) is 12.8. The molecule has 0 saturated carbocycles. The van der Waals surface area contributed by atoms with E-state index >= 15 is 0 Å². The normalized spacial score (nSPS) is 13.7. The summed E-state index contributed by atoms with van der Waals surface area (Å²) in [5.74, 6) is -0.280. The number of rotatable bonds is 2. The summed E-state index contributed by atoms with van der Waals surface area (Å²) in [6.45, 7) is 0. The van der Waals surface area contributed by atoms with E-state index in [0.717, 1.165) is 14.5 Å². The summed E-state index contributed by atoms with van der Waals surface area (Å²) in [6.07, 6.45) is 7.50. The molecule has 4 nitrogen and oxygen atoms in total. The molecule has 25 heavy (non-hydrogen) atoms. The minimum atomic E-state index is -0.663. The van der Waals surface area contributed by atoms with Crippen molar-refractivity contribution >= 4 is 60.3 Å². The number of Topliss-reactive ketones (excluding diaryl/α,β-unsaturated/α-hetero) is 2. The number of fused-ring (bicyclic) bond motifs is 2. The quantitative estimate of drug-likeness (QED) is 0.262. The van der Waals surface area contributed by atoms with Crippen molar-refractivity contribution in [2.24, 2.45) is 0 Å². The Labute approximate surface area is 156 Å². The van der Waals surface area contributed by atoms with Crippen LogP contribution < -0.4 is 0 Å². The molecule has 4 aromatic rings. The Morgan fingerprint density at radius 3 is 2.64 bits per heavy atom. The van der Waals surface area contributed by atoms with Gasteiger partial charge in [0.25, 0.3) is 0 Å². The van der Waals surface area contributed by atoms with Gasteiger partial charge in [-0.2, -0.15) is 0 Å². The second kappa shape index (κ2) is 5.63. The van der Waals surface area contributed by atoms with Crippen LogP contribution in [0, 0.1) is 0 Å². The van der Waals surface area contributed by atoms with E-state index in [1.165, 1.54) is 15.0 Å². The molecule has 0 unspecified atom stereocenters. The van der Waals surface area contributed by atoms with E-state index in [9.17, 15) is 9.59 Å². The van der Waals surface area contributed by atoms with Crippen LogP contribution in [0.4, 0.5) is 0 Å². The third kappa shape index (κ3) is 2.30. The Morgan fingerprint density at radius 1 is 1.04 bits per heavy atom. The van der Waals surface area contributed by atoms with E-state index in [1.807, 2.05) is 18.3 Å². The number of ketones is 2. The van der Waals surface area contributed by atoms with Crippen LogP contribution in [0.25, 0.3) is 20.7 Å². The van der Waals surface area contributed by atoms with Crippen molar-refractivity contribution in [1.82, 2.24) is 9.55 Å². The molecular weight excluding hydrogens is 448 g/mol. The maximum atomic E-state index is 12.4. The molecule has 0 atom stereocenters. The molecule has 0 bridgehead atoms. The molecule has 0 aromatic carbocycles. The van der Waals surface area contributed by atoms with Gasteiger partial charge in [0.2, 0.25) is 0 Å². The monoisotopic (exact) mass is 460 g/mol. The van der Waals surface area contributed by atoms with Gasteiger partial charge in [-0.05, 0) is 0 Å². The fraction of sp³-hybridized carbons (Fsp3) is 0. The van der Waals surface area contributed by atoms with Crippen LogP contribution in [0.1, 0.15) is 24.3 Å². The van der Waals surface area contributed by atoms with Gasteiger partial charge in [-0.15, -0.1) is 0 Å². The van der Waals surface area contributed by atoms with Crippen molar-refractivity contribution in [2.45, 2.75) is 0 Å². The number of carbonyl (C=O) groups excluding carboxylic acids is 2. The fourth-order valence-corrected chi connectivity index (χ4v) is 6.54. The average Bonchev–Trinajstić information content (AvgIpc) is 3.38. The summed E-state index contributed by atoms with van der Waals surface area (Å²) >= 11 is 0.736. The van der Waals surface area contributed by atoms with Crippen molar-refractivity contribution in [3.63, 3.8) is 0 Å². The van der Waals surface area contributed by atoms with E-state index in [-0.39, 0.29) is 11.6 Å². The predicted molar refractivity (Wildman–Crippen MR) is 99.0 cm³/mol. The zero-order valence-corrected chi connectivity index (χ0v) is 15.9. The zero-order chi connectivity index (χ0) is 17.0. The fourth-order valence-electron chi connectivity index (χ4n) is 3.03. The molecule has 0 N–H and O–H groups in total. The summed E-state index contributed by atoms with van der Waals surface area (Å²) in [5.41, 5.74) is 2.49. The molecule has 0 radical (unpaired) electrons. The van der Waals surface area contributed by atoms with E-state index in [0.29, 0.717) is 16.7 Å². The van der Waals surface area contributed by atoms with Crippen molar-refractivity contribution in [2.75, 3.05) is 0 Å². The van der Waals surface area contributed by atoms with Gasteiger partial charge < -0.3 is 0 Å². The Bertz CT molecular complexity index is 1160. The van der Waals surface area contributed by atoms with E-state index in [2.05, 4.69) is 27.9 Å². The van der Waals surface area contributed by atoms with Gasteiger partial charge in [-0.1, -0.05) is 0 Å². The second-order valence-electron chi connectivity index (χ2n) is 5.71. The van der Waals surface area contributed by atoms with Crippen LogP contribution in [-0.2, 0) is 0 Å². The topological polar surface area (TPSA) is 52.0 Å². The van der Waals surface area contributed by atoms with Crippen LogP contribution in [-0.4, -0.2) is 41.5 Å².